The lowest BCUT2D eigenvalue weighted by Gasteiger charge is -2.09. The number of nitrogens with zero attached hydrogens (tertiary/aromatic N) is 1. The third kappa shape index (κ3) is 4.25. The molecule has 0 aromatic heterocycles. The van der Waals surface area contributed by atoms with E-state index in [4.69, 9.17) is 5.26 Å². The summed E-state index contributed by atoms with van der Waals surface area (Å²) in [6.45, 7) is 0. The molecule has 0 aliphatic carbocycles. The highest BCUT2D eigenvalue weighted by Gasteiger charge is 2.14. The first-order chi connectivity index (χ1) is 12.1. The van der Waals surface area contributed by atoms with Gasteiger partial charge in [-0.1, -0.05) is 48.5 Å². The molecule has 0 saturated carbocycles. The number of hydrogen-bond acceptors (Lipinski definition) is 3. The minimum Gasteiger partial charge on any atom is -0.280 e. The first kappa shape index (κ1) is 16.7. The molecule has 3 rings (SSSR count). The summed E-state index contributed by atoms with van der Waals surface area (Å²) in [6.07, 6.45) is 0.790. The average Bonchev–Trinajstić information content (AvgIpc) is 2.64. The second-order valence-electron chi connectivity index (χ2n) is 5.60. The number of nitriles is 1. The molecule has 0 aliphatic rings. The molecule has 0 saturated heterocycles. The molecule has 25 heavy (non-hydrogen) atoms. The topological polar surface area (TPSA) is 70.0 Å². The van der Waals surface area contributed by atoms with Crippen molar-refractivity contribution >= 4 is 15.7 Å². The first-order valence-electron chi connectivity index (χ1n) is 7.73. The highest BCUT2D eigenvalue weighted by atomic mass is 32.2. The van der Waals surface area contributed by atoms with Gasteiger partial charge >= 0.3 is 0 Å². The highest BCUT2D eigenvalue weighted by molar-refractivity contribution is 7.92. The van der Waals surface area contributed by atoms with Crippen molar-refractivity contribution in [3.63, 3.8) is 0 Å². The summed E-state index contributed by atoms with van der Waals surface area (Å²) in [5, 5.41) is 8.90. The van der Waals surface area contributed by atoms with Crippen molar-refractivity contribution in [3.05, 3.63) is 95.6 Å². The molecule has 0 unspecified atom stereocenters. The van der Waals surface area contributed by atoms with Crippen molar-refractivity contribution in [2.45, 2.75) is 11.3 Å². The molecule has 3 aromatic rings. The van der Waals surface area contributed by atoms with E-state index < -0.39 is 10.0 Å². The number of hydrogen-bond donors (Lipinski definition) is 1. The lowest BCUT2D eigenvalue weighted by Crippen LogP contribution is -2.13. The van der Waals surface area contributed by atoms with Crippen LogP contribution >= 0.6 is 0 Å². The van der Waals surface area contributed by atoms with Gasteiger partial charge in [-0.2, -0.15) is 5.26 Å². The summed E-state index contributed by atoms with van der Waals surface area (Å²) < 4.78 is 27.4. The molecular weight excluding hydrogens is 332 g/mol. The summed E-state index contributed by atoms with van der Waals surface area (Å²) in [6, 6.07) is 25.2. The van der Waals surface area contributed by atoms with Gasteiger partial charge in [0.15, 0.2) is 0 Å². The van der Waals surface area contributed by atoms with Crippen molar-refractivity contribution in [1.82, 2.24) is 0 Å². The van der Waals surface area contributed by atoms with E-state index in [0.717, 1.165) is 12.0 Å². The van der Waals surface area contributed by atoms with E-state index in [1.165, 1.54) is 17.7 Å². The fourth-order valence-corrected chi connectivity index (χ4v) is 3.57. The van der Waals surface area contributed by atoms with Gasteiger partial charge in [0, 0.05) is 5.69 Å². The Bertz CT molecular complexity index is 1010. The zero-order valence-electron chi connectivity index (χ0n) is 13.4. The van der Waals surface area contributed by atoms with Gasteiger partial charge in [-0.3, -0.25) is 4.72 Å². The number of nitrogens with one attached hydrogen (secondary N) is 1. The molecule has 5 heteroatoms. The Morgan fingerprint density at radius 1 is 0.840 bits per heavy atom. The smallest absolute Gasteiger partial charge is 0.261 e. The molecule has 0 heterocycles. The molecule has 0 amide bonds. The fraction of sp³-hybridized carbons (Fsp3) is 0.0500. The van der Waals surface area contributed by atoms with E-state index in [9.17, 15) is 8.42 Å². The number of anilines is 1. The van der Waals surface area contributed by atoms with Crippen LogP contribution in [-0.4, -0.2) is 8.42 Å². The number of sulfonamides is 1. The second kappa shape index (κ2) is 7.20. The molecule has 124 valence electrons. The number of benzene rings is 3. The Balaban J connectivity index is 1.75. The van der Waals surface area contributed by atoms with Crippen molar-refractivity contribution in [3.8, 4) is 6.07 Å². The molecule has 4 nitrogen and oxygen atoms in total. The van der Waals surface area contributed by atoms with E-state index in [1.807, 2.05) is 36.4 Å². The summed E-state index contributed by atoms with van der Waals surface area (Å²) in [5.41, 5.74) is 3.09. The predicted octanol–water partition coefficient (Wildman–Crippen LogP) is 3.95. The van der Waals surface area contributed by atoms with Gasteiger partial charge in [0.1, 0.15) is 0 Å². The highest BCUT2D eigenvalue weighted by Crippen LogP contribution is 2.18. The standard InChI is InChI=1S/C20H16N2O2S/c21-15-18-7-4-8-20(14-18)25(23,24)22-19-11-9-17(10-12-19)13-16-5-2-1-3-6-16/h1-12,14,22H,13H2. The monoisotopic (exact) mass is 348 g/mol. The second-order valence-corrected chi connectivity index (χ2v) is 7.29. The third-order valence-electron chi connectivity index (χ3n) is 3.73. The van der Waals surface area contributed by atoms with Crippen molar-refractivity contribution < 1.29 is 8.42 Å². The lowest BCUT2D eigenvalue weighted by molar-refractivity contribution is 0.601. The van der Waals surface area contributed by atoms with Crippen LogP contribution in [0.3, 0.4) is 0 Å². The van der Waals surface area contributed by atoms with Crippen LogP contribution in [0, 0.1) is 11.3 Å². The van der Waals surface area contributed by atoms with E-state index in [-0.39, 0.29) is 4.90 Å². The van der Waals surface area contributed by atoms with Gasteiger partial charge in [-0.25, -0.2) is 8.42 Å². The van der Waals surface area contributed by atoms with Crippen LogP contribution in [0.25, 0.3) is 0 Å². The Labute approximate surface area is 147 Å². The van der Waals surface area contributed by atoms with Crippen LogP contribution in [0.4, 0.5) is 5.69 Å². The zero-order chi connectivity index (χ0) is 17.7. The average molecular weight is 348 g/mol. The molecule has 0 aliphatic heterocycles. The molecule has 0 bridgehead atoms. The minimum atomic E-state index is -3.72. The molecular formula is C20H16N2O2S. The van der Waals surface area contributed by atoms with Crippen molar-refractivity contribution in [2.24, 2.45) is 0 Å². The Hall–Kier alpha value is -3.10. The molecule has 0 fully saturated rings. The molecule has 3 aromatic carbocycles. The Morgan fingerprint density at radius 2 is 1.52 bits per heavy atom. The van der Waals surface area contributed by atoms with Crippen LogP contribution in [0.1, 0.15) is 16.7 Å². The van der Waals surface area contributed by atoms with Crippen molar-refractivity contribution in [2.75, 3.05) is 4.72 Å². The SMILES string of the molecule is N#Cc1cccc(S(=O)(=O)Nc2ccc(Cc3ccccc3)cc2)c1. The minimum absolute atomic E-state index is 0.0694. The Kier molecular flexibility index (Phi) is 4.82. The third-order valence-corrected chi connectivity index (χ3v) is 5.11. The van der Waals surface area contributed by atoms with Gasteiger partial charge in [0.2, 0.25) is 0 Å². The largest absolute Gasteiger partial charge is 0.280 e. The van der Waals surface area contributed by atoms with E-state index in [0.29, 0.717) is 11.3 Å². The molecule has 0 radical (unpaired) electrons. The van der Waals surface area contributed by atoms with Crippen LogP contribution in [-0.2, 0) is 16.4 Å². The maximum Gasteiger partial charge on any atom is 0.261 e. The summed E-state index contributed by atoms with van der Waals surface area (Å²) in [5.74, 6) is 0. The van der Waals surface area contributed by atoms with Gasteiger partial charge in [0.05, 0.1) is 16.5 Å². The van der Waals surface area contributed by atoms with Gasteiger partial charge in [-0.15, -0.1) is 0 Å². The van der Waals surface area contributed by atoms with Crippen LogP contribution in [0.5, 0.6) is 0 Å². The van der Waals surface area contributed by atoms with E-state index in [1.54, 1.807) is 24.3 Å². The normalized spacial score (nSPS) is 10.8. The van der Waals surface area contributed by atoms with Gasteiger partial charge < -0.3 is 0 Å². The number of rotatable bonds is 5. The fourth-order valence-electron chi connectivity index (χ4n) is 2.47. The molecule has 1 N–H and O–H groups in total. The van der Waals surface area contributed by atoms with Crippen molar-refractivity contribution in [1.29, 1.82) is 5.26 Å². The summed E-state index contributed by atoms with van der Waals surface area (Å²) >= 11 is 0. The zero-order valence-corrected chi connectivity index (χ0v) is 14.2. The maximum absolute atomic E-state index is 12.4. The predicted molar refractivity (Wildman–Crippen MR) is 97.7 cm³/mol. The summed E-state index contributed by atoms with van der Waals surface area (Å²) in [7, 11) is -3.72. The lowest BCUT2D eigenvalue weighted by atomic mass is 10.1. The molecule has 0 atom stereocenters. The van der Waals surface area contributed by atoms with Crippen LogP contribution in [0.15, 0.2) is 83.8 Å². The van der Waals surface area contributed by atoms with Gasteiger partial charge in [-0.05, 0) is 47.9 Å². The maximum atomic E-state index is 12.4. The van der Waals surface area contributed by atoms with Crippen LogP contribution in [0.2, 0.25) is 0 Å². The van der Waals surface area contributed by atoms with E-state index in [2.05, 4.69) is 16.9 Å². The first-order valence-corrected chi connectivity index (χ1v) is 9.21. The van der Waals surface area contributed by atoms with E-state index >= 15 is 0 Å². The Morgan fingerprint density at radius 3 is 2.20 bits per heavy atom. The quantitative estimate of drug-likeness (QED) is 0.759. The van der Waals surface area contributed by atoms with Gasteiger partial charge in [0.25, 0.3) is 10.0 Å². The molecule has 0 spiro atoms. The summed E-state index contributed by atoms with van der Waals surface area (Å²) in [4.78, 5) is 0.0694. The van der Waals surface area contributed by atoms with Crippen LogP contribution < -0.4 is 4.72 Å².